The van der Waals surface area contributed by atoms with E-state index in [9.17, 15) is 10.2 Å². The summed E-state index contributed by atoms with van der Waals surface area (Å²) in [4.78, 5) is 4.86. The number of aliphatic hydroxyl groups excluding tert-OH is 2. The van der Waals surface area contributed by atoms with Crippen LogP contribution in [0.4, 0.5) is 0 Å². The Balaban J connectivity index is 1.28. The lowest BCUT2D eigenvalue weighted by Gasteiger charge is -2.27. The number of rotatable bonds is 19. The molecule has 0 spiro atoms. The first-order valence-electron chi connectivity index (χ1n) is 12.5. The molecule has 2 atom stereocenters. The van der Waals surface area contributed by atoms with Crippen molar-refractivity contribution in [3.63, 3.8) is 0 Å². The number of ether oxygens (including phenoxy) is 2. The van der Waals surface area contributed by atoms with Crippen LogP contribution in [0.3, 0.4) is 0 Å². The fourth-order valence-corrected chi connectivity index (χ4v) is 3.85. The highest BCUT2D eigenvalue weighted by Crippen LogP contribution is 1.95. The molecule has 0 radical (unpaired) electrons. The molecule has 190 valence electrons. The first-order chi connectivity index (χ1) is 15.7. The summed E-state index contributed by atoms with van der Waals surface area (Å²) in [5, 5.41) is 33.3. The third kappa shape index (κ3) is 14.7. The van der Waals surface area contributed by atoms with Crippen molar-refractivity contribution in [1.29, 1.82) is 0 Å². The van der Waals surface area contributed by atoms with Crippen molar-refractivity contribution in [3.8, 4) is 0 Å². The lowest BCUT2D eigenvalue weighted by molar-refractivity contribution is 0.0214. The summed E-state index contributed by atoms with van der Waals surface area (Å²) in [6.45, 7) is 15.6. The number of hydrogen-bond acceptors (Lipinski definition) is 10. The van der Waals surface area contributed by atoms with Crippen LogP contribution in [0.15, 0.2) is 0 Å². The number of unbranched alkanes of at least 4 members (excludes halogenated alkanes) is 1. The van der Waals surface area contributed by atoms with Gasteiger partial charge in [-0.2, -0.15) is 0 Å². The molecule has 0 aromatic rings. The highest BCUT2D eigenvalue weighted by Gasteiger charge is 2.10. The van der Waals surface area contributed by atoms with Crippen LogP contribution in [0.5, 0.6) is 0 Å². The minimum Gasteiger partial charge on any atom is -0.389 e. The fraction of sp³-hybridized carbons (Fsp3) is 1.00. The normalized spacial score (nSPS) is 20.4. The van der Waals surface area contributed by atoms with E-state index in [1.165, 1.54) is 0 Å². The molecule has 2 saturated heterocycles. The van der Waals surface area contributed by atoms with E-state index in [1.54, 1.807) is 0 Å². The smallest absolute Gasteiger partial charge is 0.0897 e. The monoisotopic (exact) mass is 460 g/mol. The average molecular weight is 461 g/mol. The van der Waals surface area contributed by atoms with Gasteiger partial charge in [-0.1, -0.05) is 0 Å². The zero-order valence-corrected chi connectivity index (χ0v) is 19.9. The molecule has 0 bridgehead atoms. The molecule has 2 unspecified atom stereocenters. The Hall–Kier alpha value is -0.400. The molecule has 32 heavy (non-hydrogen) atoms. The van der Waals surface area contributed by atoms with Crippen LogP contribution in [-0.2, 0) is 9.47 Å². The fourth-order valence-electron chi connectivity index (χ4n) is 3.85. The van der Waals surface area contributed by atoms with E-state index >= 15 is 0 Å². The van der Waals surface area contributed by atoms with Crippen molar-refractivity contribution in [1.82, 2.24) is 31.1 Å². The van der Waals surface area contributed by atoms with Gasteiger partial charge >= 0.3 is 0 Å². The summed E-state index contributed by atoms with van der Waals surface area (Å²) in [5.41, 5.74) is 0. The van der Waals surface area contributed by atoms with E-state index in [4.69, 9.17) is 9.47 Å². The Morgan fingerprint density at radius 2 is 1.09 bits per heavy atom. The van der Waals surface area contributed by atoms with E-state index < -0.39 is 12.2 Å². The van der Waals surface area contributed by atoms with Gasteiger partial charge in [-0.3, -0.25) is 9.80 Å². The van der Waals surface area contributed by atoms with E-state index in [2.05, 4.69) is 31.1 Å². The zero-order valence-electron chi connectivity index (χ0n) is 19.9. The number of aliphatic hydroxyl groups is 2. The molecule has 2 aliphatic heterocycles. The van der Waals surface area contributed by atoms with Gasteiger partial charge in [0.1, 0.15) is 0 Å². The Labute approximate surface area is 194 Å². The number of piperazine rings is 2. The van der Waals surface area contributed by atoms with Gasteiger partial charge in [0, 0.05) is 105 Å². The Bertz CT molecular complexity index is 387. The summed E-state index contributed by atoms with van der Waals surface area (Å²) in [7, 11) is 0. The van der Waals surface area contributed by atoms with Crippen LogP contribution in [0, 0.1) is 0 Å². The summed E-state index contributed by atoms with van der Waals surface area (Å²) in [6, 6.07) is 0. The Morgan fingerprint density at radius 1 is 0.688 bits per heavy atom. The van der Waals surface area contributed by atoms with Crippen LogP contribution < -0.4 is 21.3 Å². The van der Waals surface area contributed by atoms with Crippen molar-refractivity contribution >= 4 is 0 Å². The molecule has 10 nitrogen and oxygen atoms in total. The van der Waals surface area contributed by atoms with Gasteiger partial charge in [0.15, 0.2) is 0 Å². The predicted octanol–water partition coefficient (Wildman–Crippen LogP) is -2.49. The quantitative estimate of drug-likeness (QED) is 0.116. The second-order valence-corrected chi connectivity index (χ2v) is 8.76. The number of nitrogens with zero attached hydrogens (tertiary/aromatic N) is 2. The maximum atomic E-state index is 9.98. The lowest BCUT2D eigenvalue weighted by Crippen LogP contribution is -2.46. The van der Waals surface area contributed by atoms with Crippen molar-refractivity contribution in [2.45, 2.75) is 25.0 Å². The van der Waals surface area contributed by atoms with E-state index in [1.807, 2.05) is 0 Å². The van der Waals surface area contributed by atoms with Gasteiger partial charge in [0.05, 0.1) is 25.4 Å². The van der Waals surface area contributed by atoms with Crippen LogP contribution in [0.25, 0.3) is 0 Å². The van der Waals surface area contributed by atoms with Gasteiger partial charge in [-0.05, 0) is 12.8 Å². The lowest BCUT2D eigenvalue weighted by atomic mass is 10.3. The molecule has 0 saturated carbocycles. The average Bonchev–Trinajstić information content (AvgIpc) is 2.82. The highest BCUT2D eigenvalue weighted by atomic mass is 16.5. The molecular formula is C22H48N6O4. The van der Waals surface area contributed by atoms with Crippen LogP contribution in [0.2, 0.25) is 0 Å². The Kier molecular flexibility index (Phi) is 16.5. The van der Waals surface area contributed by atoms with Gasteiger partial charge < -0.3 is 41.0 Å². The molecule has 0 amide bonds. The predicted molar refractivity (Wildman–Crippen MR) is 127 cm³/mol. The number of hydrogen-bond donors (Lipinski definition) is 6. The summed E-state index contributed by atoms with van der Waals surface area (Å²) in [6.07, 6.45) is 0.844. The topological polar surface area (TPSA) is 114 Å². The molecular weight excluding hydrogens is 412 g/mol. The van der Waals surface area contributed by atoms with Gasteiger partial charge in [0.2, 0.25) is 0 Å². The van der Waals surface area contributed by atoms with Crippen molar-refractivity contribution in [2.75, 3.05) is 118 Å². The molecule has 2 heterocycles. The standard InChI is InChI=1S/C22H48N6O4/c29-21(17-25-7-13-27-9-3-23-4-10-27)19-31-15-1-2-16-32-20-22(30)18-26-8-14-28-11-5-24-6-12-28/h21-26,29-30H,1-20H2. The molecule has 0 aromatic carbocycles. The minimum atomic E-state index is -0.469. The van der Waals surface area contributed by atoms with Crippen molar-refractivity contribution in [3.05, 3.63) is 0 Å². The van der Waals surface area contributed by atoms with Gasteiger partial charge in [-0.15, -0.1) is 0 Å². The SMILES string of the molecule is OC(CNCCN1CCNCC1)COCCCCOCC(O)CNCCN1CCNCC1. The Morgan fingerprint density at radius 3 is 1.50 bits per heavy atom. The van der Waals surface area contributed by atoms with Crippen LogP contribution >= 0.6 is 0 Å². The maximum Gasteiger partial charge on any atom is 0.0897 e. The van der Waals surface area contributed by atoms with Crippen molar-refractivity contribution < 1.29 is 19.7 Å². The third-order valence-electron chi connectivity index (χ3n) is 5.84. The van der Waals surface area contributed by atoms with E-state index in [0.717, 1.165) is 91.4 Å². The molecule has 0 aromatic heterocycles. The molecule has 0 aliphatic carbocycles. The molecule has 2 rings (SSSR count). The molecule has 6 N–H and O–H groups in total. The molecule has 2 fully saturated rings. The summed E-state index contributed by atoms with van der Waals surface area (Å²) in [5.74, 6) is 0. The minimum absolute atomic E-state index is 0.361. The third-order valence-corrected chi connectivity index (χ3v) is 5.84. The van der Waals surface area contributed by atoms with E-state index in [0.29, 0.717) is 39.5 Å². The largest absolute Gasteiger partial charge is 0.389 e. The second kappa shape index (κ2) is 19.0. The highest BCUT2D eigenvalue weighted by molar-refractivity contribution is 4.70. The zero-order chi connectivity index (χ0) is 22.7. The summed E-state index contributed by atoms with van der Waals surface area (Å²) >= 11 is 0. The summed E-state index contributed by atoms with van der Waals surface area (Å²) < 4.78 is 11.1. The first-order valence-corrected chi connectivity index (χ1v) is 12.5. The number of nitrogens with one attached hydrogen (secondary N) is 4. The van der Waals surface area contributed by atoms with Crippen LogP contribution in [-0.4, -0.2) is 150 Å². The van der Waals surface area contributed by atoms with Crippen LogP contribution in [0.1, 0.15) is 12.8 Å². The van der Waals surface area contributed by atoms with Crippen molar-refractivity contribution in [2.24, 2.45) is 0 Å². The first kappa shape index (κ1) is 27.8. The maximum absolute atomic E-state index is 9.98. The molecule has 10 heteroatoms. The van der Waals surface area contributed by atoms with E-state index in [-0.39, 0.29) is 0 Å². The second-order valence-electron chi connectivity index (χ2n) is 8.76. The van der Waals surface area contributed by atoms with Gasteiger partial charge in [-0.25, -0.2) is 0 Å². The molecule has 2 aliphatic rings. The van der Waals surface area contributed by atoms with Gasteiger partial charge in [0.25, 0.3) is 0 Å².